The molecule has 1 aromatic heterocycles. The van der Waals surface area contributed by atoms with Crippen LogP contribution >= 0.6 is 0 Å². The molecule has 0 saturated carbocycles. The van der Waals surface area contributed by atoms with Crippen molar-refractivity contribution in [2.45, 2.75) is 12.8 Å². The summed E-state index contributed by atoms with van der Waals surface area (Å²) in [7, 11) is 4.20. The number of esters is 2. The first-order chi connectivity index (χ1) is 14.7. The SMILES string of the molecule is C=CCOC(=O)C1=C(C)Nc2c(c(=O)n(C)c(=O)n2C)[C@H]1c1ccc(C(=O)OC)cc1. The number of carbonyl (C=O) groups excluding carboxylic acids is 2. The summed E-state index contributed by atoms with van der Waals surface area (Å²) in [6, 6.07) is 6.39. The number of ether oxygens (including phenoxy) is 2. The van der Waals surface area contributed by atoms with E-state index in [1.165, 1.54) is 24.8 Å². The van der Waals surface area contributed by atoms with Gasteiger partial charge in [0, 0.05) is 19.8 Å². The van der Waals surface area contributed by atoms with Gasteiger partial charge in [0.2, 0.25) is 0 Å². The highest BCUT2D eigenvalue weighted by Gasteiger charge is 2.37. The molecular weight excluding hydrogens is 402 g/mol. The maximum atomic E-state index is 13.1. The van der Waals surface area contributed by atoms with Gasteiger partial charge in [-0.3, -0.25) is 13.9 Å². The second kappa shape index (κ2) is 8.47. The summed E-state index contributed by atoms with van der Waals surface area (Å²) in [5.41, 5.74) is 0.784. The second-order valence-electron chi connectivity index (χ2n) is 7.07. The number of nitrogens with one attached hydrogen (secondary N) is 1. The zero-order valence-electron chi connectivity index (χ0n) is 17.7. The van der Waals surface area contributed by atoms with E-state index in [2.05, 4.69) is 11.9 Å². The van der Waals surface area contributed by atoms with Crippen molar-refractivity contribution in [3.8, 4) is 0 Å². The number of allylic oxidation sites excluding steroid dienone is 1. The third-order valence-corrected chi connectivity index (χ3v) is 5.20. The topological polar surface area (TPSA) is 109 Å². The highest BCUT2D eigenvalue weighted by molar-refractivity contribution is 5.94. The molecule has 2 heterocycles. The molecule has 0 bridgehead atoms. The van der Waals surface area contributed by atoms with Crippen molar-refractivity contribution in [1.29, 1.82) is 0 Å². The molecule has 1 atom stereocenters. The van der Waals surface area contributed by atoms with Crippen LogP contribution in [0.15, 0.2) is 57.8 Å². The Morgan fingerprint density at radius 3 is 2.35 bits per heavy atom. The molecule has 0 amide bonds. The minimum atomic E-state index is -0.814. The number of methoxy groups -OCH3 is 1. The van der Waals surface area contributed by atoms with Crippen LogP contribution in [0, 0.1) is 0 Å². The zero-order valence-corrected chi connectivity index (χ0v) is 17.7. The van der Waals surface area contributed by atoms with Gasteiger partial charge < -0.3 is 14.8 Å². The molecule has 1 aliphatic rings. The molecule has 1 N–H and O–H groups in total. The van der Waals surface area contributed by atoms with E-state index in [0.29, 0.717) is 22.6 Å². The minimum Gasteiger partial charge on any atom is -0.465 e. The molecule has 9 nitrogen and oxygen atoms in total. The molecule has 0 fully saturated rings. The van der Waals surface area contributed by atoms with Crippen LogP contribution in [-0.4, -0.2) is 34.8 Å². The van der Waals surface area contributed by atoms with Crippen molar-refractivity contribution in [2.75, 3.05) is 19.0 Å². The van der Waals surface area contributed by atoms with Gasteiger partial charge in [-0.1, -0.05) is 24.8 Å². The van der Waals surface area contributed by atoms with Crippen LogP contribution in [0.3, 0.4) is 0 Å². The largest absolute Gasteiger partial charge is 0.465 e. The lowest BCUT2D eigenvalue weighted by Crippen LogP contribution is -2.43. The third kappa shape index (κ3) is 3.70. The molecule has 0 spiro atoms. The Morgan fingerprint density at radius 2 is 1.77 bits per heavy atom. The van der Waals surface area contributed by atoms with Crippen LogP contribution in [0.2, 0.25) is 0 Å². The zero-order chi connectivity index (χ0) is 22.9. The van der Waals surface area contributed by atoms with Crippen LogP contribution in [0.4, 0.5) is 5.82 Å². The number of nitrogens with zero attached hydrogens (tertiary/aromatic N) is 2. The molecular formula is C22H23N3O6. The normalized spacial score (nSPS) is 15.0. The predicted molar refractivity (Wildman–Crippen MR) is 114 cm³/mol. The molecule has 0 aliphatic carbocycles. The summed E-state index contributed by atoms with van der Waals surface area (Å²) in [6.45, 7) is 5.22. The van der Waals surface area contributed by atoms with Gasteiger partial charge in [-0.15, -0.1) is 0 Å². The standard InChI is InChI=1S/C22H23N3O6/c1-6-11-31-21(28)15-12(2)23-18-17(19(26)25(4)22(29)24(18)3)16(15)13-7-9-14(10-8-13)20(27)30-5/h6-10,16,23H,1,11H2,2-5H3/t16-/m0/s1. The van der Waals surface area contributed by atoms with Gasteiger partial charge >= 0.3 is 17.6 Å². The summed E-state index contributed by atoms with van der Waals surface area (Å²) >= 11 is 0. The minimum absolute atomic E-state index is 0.00174. The predicted octanol–water partition coefficient (Wildman–Crippen LogP) is 1.43. The number of fused-ring (bicyclic) bond motifs is 1. The lowest BCUT2D eigenvalue weighted by Gasteiger charge is -2.30. The van der Waals surface area contributed by atoms with Gasteiger partial charge in [-0.2, -0.15) is 0 Å². The van der Waals surface area contributed by atoms with Crippen LogP contribution in [-0.2, 0) is 28.4 Å². The molecule has 9 heteroatoms. The number of hydrogen-bond acceptors (Lipinski definition) is 7. The summed E-state index contributed by atoms with van der Waals surface area (Å²) in [5.74, 6) is -1.64. The Morgan fingerprint density at radius 1 is 1.13 bits per heavy atom. The lowest BCUT2D eigenvalue weighted by atomic mass is 9.82. The van der Waals surface area contributed by atoms with Crippen LogP contribution in [0.1, 0.15) is 34.3 Å². The molecule has 2 aromatic rings. The molecule has 1 aromatic carbocycles. The highest BCUT2D eigenvalue weighted by atomic mass is 16.5. The third-order valence-electron chi connectivity index (χ3n) is 5.20. The number of carbonyl (C=O) groups is 2. The van der Waals surface area contributed by atoms with E-state index in [0.717, 1.165) is 4.57 Å². The van der Waals surface area contributed by atoms with E-state index < -0.39 is 29.1 Å². The summed E-state index contributed by atoms with van der Waals surface area (Å²) in [4.78, 5) is 50.3. The first-order valence-corrected chi connectivity index (χ1v) is 9.46. The average Bonchev–Trinajstić information content (AvgIpc) is 2.78. The van der Waals surface area contributed by atoms with E-state index in [4.69, 9.17) is 9.47 Å². The molecule has 0 unspecified atom stereocenters. The van der Waals surface area contributed by atoms with Gasteiger partial charge in [-0.05, 0) is 24.6 Å². The van der Waals surface area contributed by atoms with Gasteiger partial charge in [0.1, 0.15) is 12.4 Å². The summed E-state index contributed by atoms with van der Waals surface area (Å²) < 4.78 is 12.3. The van der Waals surface area contributed by atoms with Crippen molar-refractivity contribution in [3.63, 3.8) is 0 Å². The Bertz CT molecular complexity index is 1220. The fraction of sp³-hybridized carbons (Fsp3) is 0.273. The molecule has 0 radical (unpaired) electrons. The van der Waals surface area contributed by atoms with Crippen LogP contribution < -0.4 is 16.6 Å². The molecule has 3 rings (SSSR count). The second-order valence-corrected chi connectivity index (χ2v) is 7.07. The smallest absolute Gasteiger partial charge is 0.337 e. The quantitative estimate of drug-likeness (QED) is 0.570. The Hall–Kier alpha value is -3.88. The van der Waals surface area contributed by atoms with E-state index in [1.807, 2.05) is 0 Å². The van der Waals surface area contributed by atoms with Gasteiger partial charge in [-0.25, -0.2) is 14.4 Å². The monoisotopic (exact) mass is 425 g/mol. The average molecular weight is 425 g/mol. The van der Waals surface area contributed by atoms with Gasteiger partial charge in [0.25, 0.3) is 5.56 Å². The number of rotatable bonds is 5. The number of benzene rings is 1. The Labute approximate surface area is 178 Å². The fourth-order valence-corrected chi connectivity index (χ4v) is 3.63. The van der Waals surface area contributed by atoms with E-state index >= 15 is 0 Å². The highest BCUT2D eigenvalue weighted by Crippen LogP contribution is 2.40. The maximum absolute atomic E-state index is 13.1. The van der Waals surface area contributed by atoms with E-state index in [9.17, 15) is 19.2 Å². The molecule has 31 heavy (non-hydrogen) atoms. The van der Waals surface area contributed by atoms with Crippen molar-refractivity contribution >= 4 is 17.8 Å². The van der Waals surface area contributed by atoms with Gasteiger partial charge in [0.05, 0.1) is 29.7 Å². The molecule has 1 aliphatic heterocycles. The Kier molecular flexibility index (Phi) is 5.96. The van der Waals surface area contributed by atoms with Crippen molar-refractivity contribution in [2.24, 2.45) is 14.1 Å². The first kappa shape index (κ1) is 21.8. The van der Waals surface area contributed by atoms with Crippen LogP contribution in [0.5, 0.6) is 0 Å². The number of aromatic nitrogens is 2. The molecule has 0 saturated heterocycles. The maximum Gasteiger partial charge on any atom is 0.337 e. The summed E-state index contributed by atoms with van der Waals surface area (Å²) in [6.07, 6.45) is 1.45. The molecule has 162 valence electrons. The first-order valence-electron chi connectivity index (χ1n) is 9.46. The van der Waals surface area contributed by atoms with Crippen molar-refractivity contribution in [3.05, 3.63) is 85.7 Å². The van der Waals surface area contributed by atoms with Crippen LogP contribution in [0.25, 0.3) is 0 Å². The van der Waals surface area contributed by atoms with Gasteiger partial charge in [0.15, 0.2) is 0 Å². The number of hydrogen-bond donors (Lipinski definition) is 1. The van der Waals surface area contributed by atoms with E-state index in [1.54, 1.807) is 38.2 Å². The Balaban J connectivity index is 2.28. The van der Waals surface area contributed by atoms with Crippen molar-refractivity contribution < 1.29 is 19.1 Å². The fourth-order valence-electron chi connectivity index (χ4n) is 3.63. The summed E-state index contributed by atoms with van der Waals surface area (Å²) in [5, 5.41) is 3.01. The number of anilines is 1. The lowest BCUT2D eigenvalue weighted by molar-refractivity contribution is -0.138. The van der Waals surface area contributed by atoms with E-state index in [-0.39, 0.29) is 17.7 Å². The van der Waals surface area contributed by atoms with Crippen molar-refractivity contribution in [1.82, 2.24) is 9.13 Å².